The van der Waals surface area contributed by atoms with Gasteiger partial charge in [0.2, 0.25) is 0 Å². The molecule has 0 amide bonds. The van der Waals surface area contributed by atoms with E-state index in [-0.39, 0.29) is 16.1 Å². The van der Waals surface area contributed by atoms with Crippen molar-refractivity contribution in [1.29, 1.82) is 0 Å². The van der Waals surface area contributed by atoms with Gasteiger partial charge in [-0.2, -0.15) is 0 Å². The van der Waals surface area contributed by atoms with Crippen molar-refractivity contribution in [2.24, 2.45) is 0 Å². The molecule has 0 unspecified atom stereocenters. The largest absolute Gasteiger partial charge is 0.655 e. The predicted octanol–water partition coefficient (Wildman–Crippen LogP) is 1.46. The average Bonchev–Trinajstić information content (AvgIpc) is 1.89. The highest BCUT2D eigenvalue weighted by Crippen LogP contribution is 1.90. The highest BCUT2D eigenvalue weighted by molar-refractivity contribution is 6.46. The Kier molecular flexibility index (Phi) is 4.94. The van der Waals surface area contributed by atoms with E-state index >= 15 is 0 Å². The zero-order valence-electron chi connectivity index (χ0n) is 5.18. The average molecular weight is 175 g/mol. The van der Waals surface area contributed by atoms with Gasteiger partial charge in [-0.3, -0.25) is 0 Å². The first kappa shape index (κ1) is 10.1. The topological polar surface area (TPSA) is 0 Å². The summed E-state index contributed by atoms with van der Waals surface area (Å²) in [5, 5.41) is 0. The monoisotopic (exact) mass is 174 g/mol. The summed E-state index contributed by atoms with van der Waals surface area (Å²) in [6, 6.07) is 5.97. The first-order valence-electron chi connectivity index (χ1n) is 2.64. The molecule has 1 aromatic carbocycles. The molecule has 0 N–H and O–H groups in total. The molecule has 0 radical (unpaired) electrons. The SMILES string of the molecule is Cl.[F][Mg][c]1ccccc1F. The van der Waals surface area contributed by atoms with Crippen LogP contribution in [0.3, 0.4) is 0 Å². The summed E-state index contributed by atoms with van der Waals surface area (Å²) < 4.78 is 24.5. The van der Waals surface area contributed by atoms with E-state index in [1.54, 1.807) is 12.1 Å². The van der Waals surface area contributed by atoms with Gasteiger partial charge in [0.25, 0.3) is 0 Å². The summed E-state index contributed by atoms with van der Waals surface area (Å²) in [6.45, 7) is 0. The van der Waals surface area contributed by atoms with Gasteiger partial charge in [0.15, 0.2) is 0 Å². The van der Waals surface area contributed by atoms with E-state index < -0.39 is 26.7 Å². The molecule has 0 aromatic heterocycles. The van der Waals surface area contributed by atoms with Crippen LogP contribution in [0, 0.1) is 5.82 Å². The fourth-order valence-corrected chi connectivity index (χ4v) is 1.08. The van der Waals surface area contributed by atoms with Crippen molar-refractivity contribution < 1.29 is 7.35 Å². The highest BCUT2D eigenvalue weighted by Gasteiger charge is 2.02. The molecule has 0 aliphatic rings. The van der Waals surface area contributed by atoms with Crippen LogP contribution in [0.15, 0.2) is 24.3 Å². The van der Waals surface area contributed by atoms with E-state index in [9.17, 15) is 7.35 Å². The third-order valence-corrected chi connectivity index (χ3v) is 1.96. The zero-order chi connectivity index (χ0) is 6.69. The van der Waals surface area contributed by atoms with Crippen LogP contribution in [0.5, 0.6) is 0 Å². The Morgan fingerprint density at radius 1 is 1.20 bits per heavy atom. The first-order chi connectivity index (χ1) is 4.34. The van der Waals surface area contributed by atoms with Gasteiger partial charge < -0.3 is 2.96 Å². The molecule has 0 atom stereocenters. The molecule has 0 aliphatic heterocycles. The van der Waals surface area contributed by atoms with Crippen molar-refractivity contribution in [3.63, 3.8) is 0 Å². The maximum absolute atomic E-state index is 12.4. The van der Waals surface area contributed by atoms with E-state index in [1.165, 1.54) is 12.1 Å². The van der Waals surface area contributed by atoms with E-state index in [0.29, 0.717) is 0 Å². The van der Waals surface area contributed by atoms with Gasteiger partial charge in [0.1, 0.15) is 5.82 Å². The van der Waals surface area contributed by atoms with Crippen LogP contribution in [0.2, 0.25) is 0 Å². The molecule has 0 fully saturated rings. The van der Waals surface area contributed by atoms with Gasteiger partial charge in [-0.15, -0.1) is 12.4 Å². The molecule has 0 bridgehead atoms. The Hall–Kier alpha value is 0.136. The van der Waals surface area contributed by atoms with Crippen LogP contribution in [0.25, 0.3) is 0 Å². The van der Waals surface area contributed by atoms with Crippen LogP contribution < -0.4 is 3.69 Å². The lowest BCUT2D eigenvalue weighted by molar-refractivity contribution is 0.634. The molecule has 0 nitrogen and oxygen atoms in total. The Balaban J connectivity index is 0.000000810. The van der Waals surface area contributed by atoms with Gasteiger partial charge in [-0.25, -0.2) is 4.39 Å². The minimum Gasteiger partial charge on any atom is -0.475 e. The van der Waals surface area contributed by atoms with Gasteiger partial charge in [0, 0.05) is 0 Å². The molecule has 4 heteroatoms. The van der Waals surface area contributed by atoms with Gasteiger partial charge in [-0.05, 0) is 6.07 Å². The quantitative estimate of drug-likeness (QED) is 0.566. The number of halogens is 3. The Labute approximate surface area is 74.5 Å². The maximum atomic E-state index is 12.4. The third-order valence-electron chi connectivity index (χ3n) is 1.10. The highest BCUT2D eigenvalue weighted by atomic mass is 35.5. The third kappa shape index (κ3) is 2.40. The Morgan fingerprint density at radius 3 is 2.20 bits per heavy atom. The van der Waals surface area contributed by atoms with Gasteiger partial charge in [-0.1, -0.05) is 21.9 Å². The summed E-state index contributed by atoms with van der Waals surface area (Å²) in [6.07, 6.45) is 0. The van der Waals surface area contributed by atoms with Crippen molar-refractivity contribution in [1.82, 2.24) is 0 Å². The standard InChI is InChI=1S/C6H4F.ClH.FH.Mg/c7-6-4-2-1-3-5-6;;;/h1-4H;2*1H;/q;;;+1/p-1. The summed E-state index contributed by atoms with van der Waals surface area (Å²) in [5.74, 6) is -0.410. The smallest absolute Gasteiger partial charge is 0.475 e. The van der Waals surface area contributed by atoms with Crippen molar-refractivity contribution in [2.75, 3.05) is 0 Å². The molecule has 0 spiro atoms. The van der Waals surface area contributed by atoms with Gasteiger partial charge >= 0.3 is 20.9 Å². The maximum Gasteiger partial charge on any atom is 0.655 e. The zero-order valence-corrected chi connectivity index (χ0v) is 7.41. The van der Waals surface area contributed by atoms with Crippen LogP contribution in [-0.4, -0.2) is 20.9 Å². The van der Waals surface area contributed by atoms with E-state index in [2.05, 4.69) is 0 Å². The molecular formula is C6H5ClF2Mg. The number of hydrogen-bond acceptors (Lipinski definition) is 0. The lowest BCUT2D eigenvalue weighted by Gasteiger charge is -1.92. The molecule has 0 aliphatic carbocycles. The Bertz CT molecular complexity index is 205. The molecule has 52 valence electrons. The number of hydrogen-bond donors (Lipinski definition) is 0. The molecule has 1 rings (SSSR count). The van der Waals surface area contributed by atoms with E-state index in [4.69, 9.17) is 0 Å². The molecule has 0 heterocycles. The molecule has 0 saturated heterocycles. The summed E-state index contributed by atoms with van der Waals surface area (Å²) in [7, 11) is 0. The number of benzene rings is 1. The van der Waals surface area contributed by atoms with Crippen LogP contribution in [0.4, 0.5) is 7.35 Å². The van der Waals surface area contributed by atoms with E-state index in [1.807, 2.05) is 0 Å². The summed E-state index contributed by atoms with van der Waals surface area (Å²) in [4.78, 5) is 0. The second-order valence-electron chi connectivity index (χ2n) is 1.73. The Morgan fingerprint density at radius 2 is 1.80 bits per heavy atom. The van der Waals surface area contributed by atoms with Gasteiger partial charge in [0.05, 0.1) is 0 Å². The van der Waals surface area contributed by atoms with Crippen LogP contribution >= 0.6 is 12.4 Å². The molecule has 0 saturated carbocycles. The van der Waals surface area contributed by atoms with Crippen molar-refractivity contribution >= 4 is 37.0 Å². The molecular weight excluding hydrogens is 170 g/mol. The normalized spacial score (nSPS) is 7.80. The summed E-state index contributed by atoms with van der Waals surface area (Å²) in [5.41, 5.74) is 0. The lowest BCUT2D eigenvalue weighted by Crippen LogP contribution is -2.13. The van der Waals surface area contributed by atoms with Crippen LogP contribution in [0.1, 0.15) is 0 Å². The summed E-state index contributed by atoms with van der Waals surface area (Å²) >= 11 is -1.81. The molecule has 10 heavy (non-hydrogen) atoms. The second kappa shape index (κ2) is 4.88. The number of rotatable bonds is 1. The second-order valence-corrected chi connectivity index (χ2v) is 2.75. The fraction of sp³-hybridized carbons (Fsp3) is 0. The van der Waals surface area contributed by atoms with Crippen molar-refractivity contribution in [2.45, 2.75) is 0 Å². The van der Waals surface area contributed by atoms with Crippen LogP contribution in [-0.2, 0) is 0 Å². The minimum absolute atomic E-state index is 0. The predicted molar refractivity (Wildman–Crippen MR) is 40.1 cm³/mol. The van der Waals surface area contributed by atoms with E-state index in [0.717, 1.165) is 0 Å². The van der Waals surface area contributed by atoms with Crippen molar-refractivity contribution in [3.05, 3.63) is 30.1 Å². The fourth-order valence-electron chi connectivity index (χ4n) is 0.607. The first-order valence-corrected chi connectivity index (χ1v) is 3.88. The molecule has 1 aromatic rings. The lowest BCUT2D eigenvalue weighted by atomic mass is 10.3. The van der Waals surface area contributed by atoms with Crippen molar-refractivity contribution in [3.8, 4) is 0 Å². The minimum atomic E-state index is -1.81.